The minimum absolute atomic E-state index is 0.194. The molecule has 1 aromatic heterocycles. The van der Waals surface area contributed by atoms with Gasteiger partial charge in [0.1, 0.15) is 18.1 Å². The smallest absolute Gasteiger partial charge is 0.272 e. The molecule has 0 saturated heterocycles. The lowest BCUT2D eigenvalue weighted by atomic mass is 10.2. The molecule has 1 heterocycles. The van der Waals surface area contributed by atoms with Gasteiger partial charge >= 0.3 is 0 Å². The number of hydrogen-bond donors (Lipinski definition) is 1. The highest BCUT2D eigenvalue weighted by Crippen LogP contribution is 2.17. The summed E-state index contributed by atoms with van der Waals surface area (Å²) in [4.78, 5) is 24.9. The van der Waals surface area contributed by atoms with Crippen molar-refractivity contribution in [2.45, 2.75) is 6.61 Å². The predicted octanol–water partition coefficient (Wildman–Crippen LogP) is 3.23. The maximum atomic E-state index is 12.5. The molecular weight excluding hydrogens is 344 g/mol. The van der Waals surface area contributed by atoms with E-state index in [-0.39, 0.29) is 23.5 Å². The number of rotatable bonds is 6. The molecule has 0 bridgehead atoms. The minimum atomic E-state index is -0.391. The third-order valence-electron chi connectivity index (χ3n) is 4.00. The molecule has 27 heavy (non-hydrogen) atoms. The maximum Gasteiger partial charge on any atom is 0.272 e. The molecule has 2 aromatic carbocycles. The van der Waals surface area contributed by atoms with E-state index in [1.165, 1.54) is 12.3 Å². The Kier molecular flexibility index (Phi) is 5.56. The fourth-order valence-electron chi connectivity index (χ4n) is 2.57. The highest BCUT2D eigenvalue weighted by molar-refractivity contribution is 6.03. The topological polar surface area (TPSA) is 69.6 Å². The van der Waals surface area contributed by atoms with E-state index in [4.69, 9.17) is 9.47 Å². The van der Waals surface area contributed by atoms with Crippen LogP contribution in [0, 0.1) is 0 Å². The molecule has 0 aliphatic heterocycles. The molecule has 0 fully saturated rings. The van der Waals surface area contributed by atoms with Crippen LogP contribution in [0.5, 0.6) is 11.5 Å². The van der Waals surface area contributed by atoms with Gasteiger partial charge in [0.2, 0.25) is 5.43 Å². The van der Waals surface area contributed by atoms with Gasteiger partial charge in [0, 0.05) is 24.9 Å². The van der Waals surface area contributed by atoms with Crippen LogP contribution in [0.25, 0.3) is 0 Å². The van der Waals surface area contributed by atoms with Gasteiger partial charge in [-0.05, 0) is 17.7 Å². The van der Waals surface area contributed by atoms with Crippen LogP contribution >= 0.6 is 0 Å². The number of hydrogen-bond acceptors (Lipinski definition) is 4. The lowest BCUT2D eigenvalue weighted by Gasteiger charge is -2.12. The first-order valence-electron chi connectivity index (χ1n) is 8.39. The van der Waals surface area contributed by atoms with E-state index in [9.17, 15) is 9.59 Å². The Morgan fingerprint density at radius 2 is 1.85 bits per heavy atom. The number of carbonyl (C=O) groups is 1. The van der Waals surface area contributed by atoms with Crippen molar-refractivity contribution >= 4 is 11.6 Å². The van der Waals surface area contributed by atoms with Crippen molar-refractivity contribution in [3.63, 3.8) is 0 Å². The molecule has 1 N–H and O–H groups in total. The van der Waals surface area contributed by atoms with Gasteiger partial charge in [-0.2, -0.15) is 0 Å². The van der Waals surface area contributed by atoms with E-state index in [1.54, 1.807) is 43.0 Å². The zero-order chi connectivity index (χ0) is 19.2. The average Bonchev–Trinajstić information content (AvgIpc) is 2.69. The lowest BCUT2D eigenvalue weighted by molar-refractivity contribution is 0.101. The molecule has 6 heteroatoms. The number of aromatic nitrogens is 1. The number of ether oxygens (including phenoxy) is 2. The number of pyridine rings is 1. The van der Waals surface area contributed by atoms with Crippen LogP contribution in [0.15, 0.2) is 71.7 Å². The Balaban J connectivity index is 1.75. The standard InChI is InChI=1S/C21H20N2O4/c1-23-13-20(27-14-15-7-4-3-5-8-15)19(24)12-18(23)21(25)22-16-9-6-10-17(11-16)26-2/h3-13H,14H2,1-2H3,(H,22,25). The summed E-state index contributed by atoms with van der Waals surface area (Å²) in [7, 11) is 3.24. The van der Waals surface area contributed by atoms with Crippen molar-refractivity contribution in [3.8, 4) is 11.5 Å². The summed E-state index contributed by atoms with van der Waals surface area (Å²) in [6.07, 6.45) is 1.52. The van der Waals surface area contributed by atoms with Crippen LogP contribution in [-0.4, -0.2) is 17.6 Å². The second kappa shape index (κ2) is 8.23. The van der Waals surface area contributed by atoms with Crippen molar-refractivity contribution in [1.82, 2.24) is 4.57 Å². The number of aryl methyl sites for hydroxylation is 1. The second-order valence-corrected chi connectivity index (χ2v) is 5.96. The molecule has 1 amide bonds. The number of nitrogens with zero attached hydrogens (tertiary/aromatic N) is 1. The van der Waals surface area contributed by atoms with Crippen molar-refractivity contribution in [1.29, 1.82) is 0 Å². The van der Waals surface area contributed by atoms with Crippen LogP contribution in [0.4, 0.5) is 5.69 Å². The van der Waals surface area contributed by atoms with Gasteiger partial charge in [0.05, 0.1) is 13.3 Å². The van der Waals surface area contributed by atoms with Gasteiger partial charge in [-0.1, -0.05) is 36.4 Å². The molecule has 0 aliphatic carbocycles. The fraction of sp³-hybridized carbons (Fsp3) is 0.143. The molecule has 0 spiro atoms. The summed E-state index contributed by atoms with van der Waals surface area (Å²) in [6, 6.07) is 17.8. The molecular formula is C21H20N2O4. The van der Waals surface area contributed by atoms with Crippen LogP contribution in [0.3, 0.4) is 0 Å². The Morgan fingerprint density at radius 1 is 1.07 bits per heavy atom. The van der Waals surface area contributed by atoms with Gasteiger partial charge in [-0.15, -0.1) is 0 Å². The minimum Gasteiger partial charge on any atom is -0.497 e. The number of nitrogens with one attached hydrogen (secondary N) is 1. The fourth-order valence-corrected chi connectivity index (χ4v) is 2.57. The zero-order valence-corrected chi connectivity index (χ0v) is 15.1. The lowest BCUT2D eigenvalue weighted by Crippen LogP contribution is -2.21. The Hall–Kier alpha value is -3.54. The van der Waals surface area contributed by atoms with E-state index in [2.05, 4.69) is 5.32 Å². The average molecular weight is 364 g/mol. The third kappa shape index (κ3) is 4.55. The maximum absolute atomic E-state index is 12.5. The third-order valence-corrected chi connectivity index (χ3v) is 4.00. The highest BCUT2D eigenvalue weighted by Gasteiger charge is 2.13. The molecule has 138 valence electrons. The van der Waals surface area contributed by atoms with E-state index in [1.807, 2.05) is 30.3 Å². The van der Waals surface area contributed by atoms with E-state index < -0.39 is 5.91 Å². The Bertz CT molecular complexity index is 997. The second-order valence-electron chi connectivity index (χ2n) is 5.96. The van der Waals surface area contributed by atoms with Crippen LogP contribution in [-0.2, 0) is 13.7 Å². The number of carbonyl (C=O) groups excluding carboxylic acids is 1. The largest absolute Gasteiger partial charge is 0.497 e. The van der Waals surface area contributed by atoms with Gasteiger partial charge in [-0.25, -0.2) is 0 Å². The molecule has 3 aromatic rings. The summed E-state index contributed by atoms with van der Waals surface area (Å²) >= 11 is 0. The molecule has 3 rings (SSSR count). The highest BCUT2D eigenvalue weighted by atomic mass is 16.5. The first-order chi connectivity index (χ1) is 13.1. The van der Waals surface area contributed by atoms with Crippen molar-refractivity contribution in [3.05, 3.63) is 88.3 Å². The Labute approximate surface area is 157 Å². The number of anilines is 1. The molecule has 0 atom stereocenters. The van der Waals surface area contributed by atoms with Crippen molar-refractivity contribution in [2.24, 2.45) is 7.05 Å². The monoisotopic (exact) mass is 364 g/mol. The summed E-state index contributed by atoms with van der Waals surface area (Å²) in [5.41, 5.74) is 1.42. The molecule has 0 saturated carbocycles. The summed E-state index contributed by atoms with van der Waals surface area (Å²) < 4.78 is 12.3. The number of methoxy groups -OCH3 is 1. The molecule has 0 aliphatic rings. The Morgan fingerprint density at radius 3 is 2.59 bits per heavy atom. The SMILES string of the molecule is COc1cccc(NC(=O)c2cc(=O)c(OCc3ccccc3)cn2C)c1. The van der Waals surface area contributed by atoms with Crippen molar-refractivity contribution in [2.75, 3.05) is 12.4 Å². The molecule has 0 radical (unpaired) electrons. The van der Waals surface area contributed by atoms with Gasteiger partial charge < -0.3 is 19.4 Å². The van der Waals surface area contributed by atoms with E-state index in [0.717, 1.165) is 5.56 Å². The normalized spacial score (nSPS) is 10.3. The zero-order valence-electron chi connectivity index (χ0n) is 15.1. The van der Waals surface area contributed by atoms with Gasteiger partial charge in [0.25, 0.3) is 5.91 Å². The van der Waals surface area contributed by atoms with E-state index in [0.29, 0.717) is 11.4 Å². The summed E-state index contributed by atoms with van der Waals surface area (Å²) in [5.74, 6) is 0.433. The first-order valence-corrected chi connectivity index (χ1v) is 8.39. The molecule has 0 unspecified atom stereocenters. The van der Waals surface area contributed by atoms with E-state index >= 15 is 0 Å². The van der Waals surface area contributed by atoms with Crippen LogP contribution in [0.2, 0.25) is 0 Å². The summed E-state index contributed by atoms with van der Waals surface area (Å²) in [6.45, 7) is 0.283. The van der Waals surface area contributed by atoms with Crippen LogP contribution < -0.4 is 20.2 Å². The number of benzene rings is 2. The van der Waals surface area contributed by atoms with Crippen LogP contribution in [0.1, 0.15) is 16.1 Å². The quantitative estimate of drug-likeness (QED) is 0.729. The van der Waals surface area contributed by atoms with Gasteiger partial charge in [0.15, 0.2) is 5.75 Å². The first kappa shape index (κ1) is 18.3. The predicted molar refractivity (Wildman–Crippen MR) is 103 cm³/mol. The summed E-state index contributed by atoms with van der Waals surface area (Å²) in [5, 5.41) is 2.76. The molecule has 6 nitrogen and oxygen atoms in total. The van der Waals surface area contributed by atoms with Gasteiger partial charge in [-0.3, -0.25) is 9.59 Å². The number of amides is 1. The van der Waals surface area contributed by atoms with Crippen molar-refractivity contribution < 1.29 is 14.3 Å².